The van der Waals surface area contributed by atoms with E-state index in [1.807, 2.05) is 0 Å². The van der Waals surface area contributed by atoms with Crippen LogP contribution in [0, 0.1) is 5.92 Å². The summed E-state index contributed by atoms with van der Waals surface area (Å²) in [5.74, 6) is 0.0995. The molecule has 1 rings (SSSR count). The van der Waals surface area contributed by atoms with Gasteiger partial charge >= 0.3 is 12.1 Å². The third-order valence-corrected chi connectivity index (χ3v) is 6.24. The molecule has 0 aromatic heterocycles. The Bertz CT molecular complexity index is 708. The van der Waals surface area contributed by atoms with Crippen LogP contribution in [0.3, 0.4) is 0 Å². The molecule has 1 aromatic rings. The van der Waals surface area contributed by atoms with Gasteiger partial charge in [-0.2, -0.15) is 0 Å². The molecule has 1 aromatic carbocycles. The maximum Gasteiger partial charge on any atom is 0.407 e. The summed E-state index contributed by atoms with van der Waals surface area (Å²) >= 11 is 0. The van der Waals surface area contributed by atoms with Gasteiger partial charge in [0.1, 0.15) is 13.2 Å². The second kappa shape index (κ2) is 21.9. The Morgan fingerprint density at radius 1 is 0.861 bits per heavy atom. The van der Waals surface area contributed by atoms with Crippen LogP contribution in [0.4, 0.5) is 4.79 Å². The molecule has 0 fully saturated rings. The van der Waals surface area contributed by atoms with Crippen molar-refractivity contribution in [2.45, 2.75) is 90.9 Å². The molecule has 1 unspecified atom stereocenters. The maximum absolute atomic E-state index is 11.8. The van der Waals surface area contributed by atoms with Gasteiger partial charge in [0, 0.05) is 18.7 Å². The zero-order valence-electron chi connectivity index (χ0n) is 22.8. The zero-order valence-corrected chi connectivity index (χ0v) is 22.8. The van der Waals surface area contributed by atoms with Crippen LogP contribution in [0.15, 0.2) is 42.5 Å². The number of carbonyl (C=O) groups excluding carboxylic acids is 2. The number of carbonyl (C=O) groups is 2. The summed E-state index contributed by atoms with van der Waals surface area (Å²) in [6.07, 6.45) is 15.4. The van der Waals surface area contributed by atoms with Gasteiger partial charge in [0.2, 0.25) is 0 Å². The monoisotopic (exact) mass is 502 g/mol. The summed E-state index contributed by atoms with van der Waals surface area (Å²) in [4.78, 5) is 23.0. The average Bonchev–Trinajstić information content (AvgIpc) is 2.87. The van der Waals surface area contributed by atoms with Crippen molar-refractivity contribution in [2.75, 3.05) is 32.8 Å². The molecule has 0 saturated carbocycles. The summed E-state index contributed by atoms with van der Waals surface area (Å²) in [7, 11) is 0. The molecule has 0 aliphatic carbocycles. The smallest absolute Gasteiger partial charge is 0.407 e. The lowest BCUT2D eigenvalue weighted by Crippen LogP contribution is -2.35. The Morgan fingerprint density at radius 3 is 2.11 bits per heavy atom. The van der Waals surface area contributed by atoms with Crippen LogP contribution in [-0.4, -0.2) is 44.9 Å². The standard InChI is InChI=1S/C30H50N2O4/c1-4-5-6-7-8-9-10-11-12-14-19-28(24-27-17-15-13-16-18-27)25-31-20-21-32-30(34)36-23-22-35-29(33)26(2)3/h13,15-18,28,31H,2,4-12,14,19-25H2,1,3H3,(H,32,34). The zero-order chi connectivity index (χ0) is 26.3. The highest BCUT2D eigenvalue weighted by molar-refractivity contribution is 5.86. The maximum atomic E-state index is 11.8. The van der Waals surface area contributed by atoms with Gasteiger partial charge < -0.3 is 20.1 Å². The number of esters is 1. The molecule has 0 bridgehead atoms. The molecule has 204 valence electrons. The molecule has 2 N–H and O–H groups in total. The lowest BCUT2D eigenvalue weighted by Gasteiger charge is -2.18. The van der Waals surface area contributed by atoms with E-state index < -0.39 is 12.1 Å². The minimum Gasteiger partial charge on any atom is -0.459 e. The van der Waals surface area contributed by atoms with Crippen LogP contribution in [0.2, 0.25) is 0 Å². The molecule has 0 radical (unpaired) electrons. The molecular weight excluding hydrogens is 452 g/mol. The SMILES string of the molecule is C=C(C)C(=O)OCCOC(=O)NCCNCC(CCCCCCCCCCCC)Cc1ccccc1. The first-order chi connectivity index (χ1) is 17.5. The second-order valence-electron chi connectivity index (χ2n) is 9.71. The van der Waals surface area contributed by atoms with Crippen molar-refractivity contribution < 1.29 is 19.1 Å². The van der Waals surface area contributed by atoms with E-state index in [0.29, 0.717) is 24.6 Å². The average molecular weight is 503 g/mol. The van der Waals surface area contributed by atoms with Gasteiger partial charge in [-0.1, -0.05) is 108 Å². The van der Waals surface area contributed by atoms with Crippen molar-refractivity contribution in [1.82, 2.24) is 10.6 Å². The lowest BCUT2D eigenvalue weighted by atomic mass is 9.93. The molecule has 36 heavy (non-hydrogen) atoms. The van der Waals surface area contributed by atoms with E-state index in [9.17, 15) is 9.59 Å². The molecule has 0 heterocycles. The summed E-state index contributed by atoms with van der Waals surface area (Å²) in [5.41, 5.74) is 1.70. The highest BCUT2D eigenvalue weighted by Crippen LogP contribution is 2.17. The normalized spacial score (nSPS) is 11.6. The van der Waals surface area contributed by atoms with E-state index in [4.69, 9.17) is 9.47 Å². The summed E-state index contributed by atoms with van der Waals surface area (Å²) in [5, 5.41) is 6.21. The van der Waals surface area contributed by atoms with Gasteiger partial charge in [0.25, 0.3) is 0 Å². The third-order valence-electron chi connectivity index (χ3n) is 6.24. The van der Waals surface area contributed by atoms with Gasteiger partial charge in [-0.15, -0.1) is 0 Å². The number of amides is 1. The van der Waals surface area contributed by atoms with Gasteiger partial charge in [-0.25, -0.2) is 9.59 Å². The number of rotatable bonds is 22. The second-order valence-corrected chi connectivity index (χ2v) is 9.71. The molecule has 1 amide bonds. The van der Waals surface area contributed by atoms with Gasteiger partial charge in [-0.05, 0) is 37.8 Å². The van der Waals surface area contributed by atoms with Gasteiger partial charge in [-0.3, -0.25) is 0 Å². The molecule has 6 heteroatoms. The first kappa shape index (κ1) is 31.7. The van der Waals surface area contributed by atoms with E-state index in [2.05, 4.69) is 54.5 Å². The van der Waals surface area contributed by atoms with E-state index >= 15 is 0 Å². The van der Waals surface area contributed by atoms with E-state index in [1.54, 1.807) is 6.92 Å². The number of nitrogens with one attached hydrogen (secondary N) is 2. The largest absolute Gasteiger partial charge is 0.459 e. The van der Waals surface area contributed by atoms with Crippen molar-refractivity contribution in [3.8, 4) is 0 Å². The predicted octanol–water partition coefficient (Wildman–Crippen LogP) is 6.59. The third kappa shape index (κ3) is 18.0. The Balaban J connectivity index is 2.18. The molecule has 0 spiro atoms. The van der Waals surface area contributed by atoms with Crippen molar-refractivity contribution in [3.63, 3.8) is 0 Å². The highest BCUT2D eigenvalue weighted by atomic mass is 16.6. The van der Waals surface area contributed by atoms with E-state index in [-0.39, 0.29) is 13.2 Å². The Hall–Kier alpha value is -2.34. The van der Waals surface area contributed by atoms with E-state index in [0.717, 1.165) is 13.0 Å². The first-order valence-electron chi connectivity index (χ1n) is 14.0. The van der Waals surface area contributed by atoms with Gasteiger partial charge in [0.15, 0.2) is 0 Å². The molecule has 0 aliphatic heterocycles. The van der Waals surface area contributed by atoms with Crippen molar-refractivity contribution in [3.05, 3.63) is 48.0 Å². The number of benzene rings is 1. The first-order valence-corrected chi connectivity index (χ1v) is 14.0. The summed E-state index contributed by atoms with van der Waals surface area (Å²) in [6, 6.07) is 10.7. The predicted molar refractivity (Wildman–Crippen MR) is 148 cm³/mol. The number of hydrogen-bond acceptors (Lipinski definition) is 5. The fourth-order valence-electron chi connectivity index (χ4n) is 4.15. The summed E-state index contributed by atoms with van der Waals surface area (Å²) < 4.78 is 9.91. The minimum atomic E-state index is -0.505. The molecular formula is C30H50N2O4. The van der Waals surface area contributed by atoms with Crippen LogP contribution in [0.5, 0.6) is 0 Å². The van der Waals surface area contributed by atoms with Crippen LogP contribution < -0.4 is 10.6 Å². The fourth-order valence-corrected chi connectivity index (χ4v) is 4.15. The van der Waals surface area contributed by atoms with Crippen molar-refractivity contribution in [1.29, 1.82) is 0 Å². The fraction of sp³-hybridized carbons (Fsp3) is 0.667. The van der Waals surface area contributed by atoms with Crippen molar-refractivity contribution >= 4 is 12.1 Å². The number of alkyl carbamates (subject to hydrolysis) is 1. The minimum absolute atomic E-state index is 0.0241. The van der Waals surface area contributed by atoms with Crippen LogP contribution >= 0.6 is 0 Å². The van der Waals surface area contributed by atoms with E-state index in [1.165, 1.54) is 76.2 Å². The quantitative estimate of drug-likeness (QED) is 0.106. The molecule has 6 nitrogen and oxygen atoms in total. The van der Waals surface area contributed by atoms with Crippen LogP contribution in [0.25, 0.3) is 0 Å². The Kier molecular flexibility index (Phi) is 19.3. The number of unbranched alkanes of at least 4 members (excludes halogenated alkanes) is 9. The van der Waals surface area contributed by atoms with Gasteiger partial charge in [0.05, 0.1) is 0 Å². The molecule has 1 atom stereocenters. The number of ether oxygens (including phenoxy) is 2. The lowest BCUT2D eigenvalue weighted by molar-refractivity contribution is -0.139. The Labute approximate surface area is 219 Å². The molecule has 0 saturated heterocycles. The summed E-state index contributed by atoms with van der Waals surface area (Å²) in [6.45, 7) is 9.50. The van der Waals surface area contributed by atoms with Crippen LogP contribution in [-0.2, 0) is 20.7 Å². The Morgan fingerprint density at radius 2 is 1.47 bits per heavy atom. The highest BCUT2D eigenvalue weighted by Gasteiger charge is 2.10. The topological polar surface area (TPSA) is 76.7 Å². The van der Waals surface area contributed by atoms with Crippen molar-refractivity contribution in [2.24, 2.45) is 5.92 Å². The van der Waals surface area contributed by atoms with Crippen LogP contribution in [0.1, 0.15) is 90.0 Å². The molecule has 0 aliphatic rings. The number of hydrogen-bond donors (Lipinski definition) is 2.